The lowest BCUT2D eigenvalue weighted by Gasteiger charge is -2.36. The number of likely N-dealkylation sites (tertiary alicyclic amines) is 1. The molecule has 1 aromatic heterocycles. The topological polar surface area (TPSA) is 51.7 Å². The average molecular weight is 324 g/mol. The zero-order valence-corrected chi connectivity index (χ0v) is 14.2. The smallest absolute Gasteiger partial charge is 0.410 e. The van der Waals surface area contributed by atoms with Crippen molar-refractivity contribution >= 4 is 6.09 Å². The lowest BCUT2D eigenvalue weighted by Crippen LogP contribution is -2.42. The predicted molar refractivity (Wildman–Crippen MR) is 84.5 cm³/mol. The lowest BCUT2D eigenvalue weighted by molar-refractivity contribution is -0.00351. The lowest BCUT2D eigenvalue weighted by atomic mass is 9.89. The van der Waals surface area contributed by atoms with Crippen LogP contribution in [0.5, 0.6) is 0 Å². The summed E-state index contributed by atoms with van der Waals surface area (Å²) in [5.74, 6) is -0.111. The number of nitrogens with zero attached hydrogens (tertiary/aromatic N) is 2. The van der Waals surface area contributed by atoms with Crippen molar-refractivity contribution < 1.29 is 18.7 Å². The number of rotatable bonds is 3. The second kappa shape index (κ2) is 7.25. The van der Waals surface area contributed by atoms with Crippen molar-refractivity contribution in [3.8, 4) is 0 Å². The van der Waals surface area contributed by atoms with E-state index >= 15 is 0 Å². The van der Waals surface area contributed by atoms with E-state index in [1.54, 1.807) is 18.1 Å². The molecular formula is C17H25FN2O3. The highest BCUT2D eigenvalue weighted by atomic mass is 19.1. The zero-order chi connectivity index (χ0) is 17.0. The summed E-state index contributed by atoms with van der Waals surface area (Å²) in [6.07, 6.45) is 2.35. The van der Waals surface area contributed by atoms with Crippen LogP contribution in [0.1, 0.15) is 45.4 Å². The average Bonchev–Trinajstić information content (AvgIpc) is 2.49. The molecule has 23 heavy (non-hydrogen) atoms. The molecule has 1 aliphatic rings. The Bertz CT molecular complexity index is 520. The van der Waals surface area contributed by atoms with Crippen molar-refractivity contribution in [2.75, 3.05) is 20.2 Å². The summed E-state index contributed by atoms with van der Waals surface area (Å²) >= 11 is 0. The van der Waals surface area contributed by atoms with E-state index in [0.29, 0.717) is 13.1 Å². The summed E-state index contributed by atoms with van der Waals surface area (Å²) in [4.78, 5) is 17.9. The van der Waals surface area contributed by atoms with Crippen molar-refractivity contribution in [2.45, 2.75) is 45.3 Å². The third kappa shape index (κ3) is 4.89. The van der Waals surface area contributed by atoms with E-state index in [4.69, 9.17) is 9.47 Å². The quantitative estimate of drug-likeness (QED) is 0.853. The molecule has 1 fully saturated rings. The molecule has 0 saturated carbocycles. The maximum Gasteiger partial charge on any atom is 0.410 e. The SMILES string of the molecule is COC(c1ccc(F)cn1)C1CCN(C(=O)OC(C)(C)C)CC1. The van der Waals surface area contributed by atoms with Gasteiger partial charge in [0.2, 0.25) is 0 Å². The number of ether oxygens (including phenoxy) is 2. The molecule has 1 unspecified atom stereocenters. The van der Waals surface area contributed by atoms with Crippen molar-refractivity contribution in [1.29, 1.82) is 0 Å². The fourth-order valence-electron chi connectivity index (χ4n) is 2.82. The summed E-state index contributed by atoms with van der Waals surface area (Å²) in [5, 5.41) is 0. The molecule has 6 heteroatoms. The van der Waals surface area contributed by atoms with Crippen LogP contribution in [0, 0.1) is 11.7 Å². The summed E-state index contributed by atoms with van der Waals surface area (Å²) in [6.45, 7) is 6.83. The Morgan fingerprint density at radius 3 is 2.48 bits per heavy atom. The van der Waals surface area contributed by atoms with Crippen LogP contribution >= 0.6 is 0 Å². The Morgan fingerprint density at radius 2 is 2.00 bits per heavy atom. The summed E-state index contributed by atoms with van der Waals surface area (Å²) in [5.41, 5.74) is 0.241. The molecule has 0 aliphatic carbocycles. The van der Waals surface area contributed by atoms with Crippen LogP contribution in [-0.4, -0.2) is 41.8 Å². The highest BCUT2D eigenvalue weighted by Crippen LogP contribution is 2.32. The van der Waals surface area contributed by atoms with Gasteiger partial charge in [-0.15, -0.1) is 0 Å². The third-order valence-electron chi connectivity index (χ3n) is 3.92. The number of hydrogen-bond acceptors (Lipinski definition) is 4. The summed E-state index contributed by atoms with van der Waals surface area (Å²) < 4.78 is 24.0. The highest BCUT2D eigenvalue weighted by Gasteiger charge is 2.32. The highest BCUT2D eigenvalue weighted by molar-refractivity contribution is 5.68. The largest absolute Gasteiger partial charge is 0.444 e. The van der Waals surface area contributed by atoms with Crippen molar-refractivity contribution in [3.05, 3.63) is 29.8 Å². The standard InChI is InChI=1S/C17H25FN2O3/c1-17(2,3)23-16(21)20-9-7-12(8-10-20)15(22-4)14-6-5-13(18)11-19-14/h5-6,11-12,15H,7-10H2,1-4H3. The molecule has 1 amide bonds. The van der Waals surface area contributed by atoms with Gasteiger partial charge in [0.05, 0.1) is 11.9 Å². The maximum atomic E-state index is 13.0. The summed E-state index contributed by atoms with van der Waals surface area (Å²) in [7, 11) is 1.63. The molecule has 5 nitrogen and oxygen atoms in total. The number of piperidine rings is 1. The van der Waals surface area contributed by atoms with E-state index in [-0.39, 0.29) is 23.9 Å². The number of aromatic nitrogens is 1. The van der Waals surface area contributed by atoms with Gasteiger partial charge in [-0.1, -0.05) is 0 Å². The van der Waals surface area contributed by atoms with Crippen LogP contribution < -0.4 is 0 Å². The van der Waals surface area contributed by atoms with Gasteiger partial charge in [-0.25, -0.2) is 9.18 Å². The molecule has 1 saturated heterocycles. The number of hydrogen-bond donors (Lipinski definition) is 0. The molecule has 1 aromatic rings. The van der Waals surface area contributed by atoms with E-state index in [9.17, 15) is 9.18 Å². The molecule has 0 spiro atoms. The number of carbonyl (C=O) groups excluding carboxylic acids is 1. The first-order valence-corrected chi connectivity index (χ1v) is 7.92. The molecule has 1 aliphatic heterocycles. The van der Waals surface area contributed by atoms with Crippen LogP contribution in [0.15, 0.2) is 18.3 Å². The zero-order valence-electron chi connectivity index (χ0n) is 14.2. The first kappa shape index (κ1) is 17.7. The van der Waals surface area contributed by atoms with E-state index in [1.807, 2.05) is 20.8 Å². The van der Waals surface area contributed by atoms with Crippen LogP contribution in [-0.2, 0) is 9.47 Å². The molecule has 0 bridgehead atoms. The van der Waals surface area contributed by atoms with E-state index in [1.165, 1.54) is 12.3 Å². The van der Waals surface area contributed by atoms with Crippen molar-refractivity contribution in [3.63, 3.8) is 0 Å². The van der Waals surface area contributed by atoms with Crippen LogP contribution in [0.3, 0.4) is 0 Å². The fourth-order valence-corrected chi connectivity index (χ4v) is 2.82. The Balaban J connectivity index is 1.94. The normalized spacial score (nSPS) is 17.9. The molecule has 0 radical (unpaired) electrons. The van der Waals surface area contributed by atoms with Gasteiger partial charge in [-0.2, -0.15) is 0 Å². The second-order valence-electron chi connectivity index (χ2n) is 6.86. The number of pyridine rings is 1. The Morgan fingerprint density at radius 1 is 1.35 bits per heavy atom. The Labute approximate surface area is 136 Å². The number of methoxy groups -OCH3 is 1. The van der Waals surface area contributed by atoms with Gasteiger partial charge in [0.15, 0.2) is 0 Å². The Kier molecular flexibility index (Phi) is 5.57. The summed E-state index contributed by atoms with van der Waals surface area (Å²) in [6, 6.07) is 3.05. The van der Waals surface area contributed by atoms with Crippen LogP contribution in [0.4, 0.5) is 9.18 Å². The van der Waals surface area contributed by atoms with Gasteiger partial charge in [0.25, 0.3) is 0 Å². The van der Waals surface area contributed by atoms with Crippen LogP contribution in [0.25, 0.3) is 0 Å². The third-order valence-corrected chi connectivity index (χ3v) is 3.92. The van der Waals surface area contributed by atoms with Gasteiger partial charge in [0.1, 0.15) is 17.5 Å². The van der Waals surface area contributed by atoms with Crippen LogP contribution in [0.2, 0.25) is 0 Å². The second-order valence-corrected chi connectivity index (χ2v) is 6.86. The molecule has 0 N–H and O–H groups in total. The first-order chi connectivity index (χ1) is 10.8. The molecule has 128 valence electrons. The van der Waals surface area contributed by atoms with Crippen molar-refractivity contribution in [2.24, 2.45) is 5.92 Å². The van der Waals surface area contributed by atoms with E-state index < -0.39 is 5.60 Å². The number of amides is 1. The van der Waals surface area contributed by atoms with Crippen molar-refractivity contribution in [1.82, 2.24) is 9.88 Å². The predicted octanol–water partition coefficient (Wildman–Crippen LogP) is 3.56. The van der Waals surface area contributed by atoms with E-state index in [2.05, 4.69) is 4.98 Å². The minimum absolute atomic E-state index is 0.184. The van der Waals surface area contributed by atoms with Gasteiger partial charge in [-0.05, 0) is 51.7 Å². The first-order valence-electron chi connectivity index (χ1n) is 7.92. The minimum Gasteiger partial charge on any atom is -0.444 e. The molecule has 0 aromatic carbocycles. The van der Waals surface area contributed by atoms with Gasteiger partial charge >= 0.3 is 6.09 Å². The monoisotopic (exact) mass is 324 g/mol. The molecule has 2 heterocycles. The molecule has 1 atom stereocenters. The Hall–Kier alpha value is -1.69. The van der Waals surface area contributed by atoms with Gasteiger partial charge in [-0.3, -0.25) is 4.98 Å². The molecule has 2 rings (SSSR count). The number of halogens is 1. The number of carbonyl (C=O) groups is 1. The van der Waals surface area contributed by atoms with E-state index in [0.717, 1.165) is 18.5 Å². The maximum absolute atomic E-state index is 13.0. The fraction of sp³-hybridized carbons (Fsp3) is 0.647. The minimum atomic E-state index is -0.485. The van der Waals surface area contributed by atoms with Gasteiger partial charge in [0, 0.05) is 20.2 Å². The molecular weight excluding hydrogens is 299 g/mol. The van der Waals surface area contributed by atoms with Gasteiger partial charge < -0.3 is 14.4 Å².